The second kappa shape index (κ2) is 6.28. The standard InChI is InChI=1S/C17H21FN2O3/c18-13-8-4-3-7-12(13)14(21)11-20-15(22)17(19-16(20)23)9-5-1-2-6-10-17/h3-4,7-8,14,21H,1-2,5-6,9-11H2,(H,19,23)/t14-/m1/s1. The lowest BCUT2D eigenvalue weighted by molar-refractivity contribution is -0.132. The van der Waals surface area contributed by atoms with E-state index >= 15 is 0 Å². The molecule has 3 amide bonds. The maximum Gasteiger partial charge on any atom is 0.325 e. The second-order valence-corrected chi connectivity index (χ2v) is 6.38. The fourth-order valence-corrected chi connectivity index (χ4v) is 3.53. The number of carbonyl (C=O) groups is 2. The maximum absolute atomic E-state index is 13.7. The van der Waals surface area contributed by atoms with Crippen LogP contribution in [0.3, 0.4) is 0 Å². The number of urea groups is 1. The number of nitrogens with one attached hydrogen (secondary N) is 1. The minimum absolute atomic E-state index is 0.0925. The van der Waals surface area contributed by atoms with Crippen LogP contribution >= 0.6 is 0 Å². The molecule has 5 nitrogen and oxygen atoms in total. The van der Waals surface area contributed by atoms with Gasteiger partial charge in [0.1, 0.15) is 11.4 Å². The third kappa shape index (κ3) is 2.95. The number of carbonyl (C=O) groups excluding carboxylic acids is 2. The summed E-state index contributed by atoms with van der Waals surface area (Å²) < 4.78 is 13.7. The Hall–Kier alpha value is -1.95. The zero-order valence-electron chi connectivity index (χ0n) is 12.9. The largest absolute Gasteiger partial charge is 0.386 e. The first kappa shape index (κ1) is 15.9. The van der Waals surface area contributed by atoms with Gasteiger partial charge in [0.25, 0.3) is 5.91 Å². The summed E-state index contributed by atoms with van der Waals surface area (Å²) in [6.07, 6.45) is 3.94. The Bertz CT molecular complexity index is 612. The fourth-order valence-electron chi connectivity index (χ4n) is 3.53. The van der Waals surface area contributed by atoms with Gasteiger partial charge in [0.2, 0.25) is 0 Å². The van der Waals surface area contributed by atoms with Crippen molar-refractivity contribution in [3.8, 4) is 0 Å². The van der Waals surface area contributed by atoms with Crippen LogP contribution in [0.15, 0.2) is 24.3 Å². The molecule has 6 heteroatoms. The van der Waals surface area contributed by atoms with E-state index < -0.39 is 23.5 Å². The van der Waals surface area contributed by atoms with E-state index in [1.54, 1.807) is 6.07 Å². The minimum Gasteiger partial charge on any atom is -0.386 e. The molecule has 2 N–H and O–H groups in total. The molecule has 1 aliphatic heterocycles. The highest BCUT2D eigenvalue weighted by Crippen LogP contribution is 2.33. The Labute approximate surface area is 134 Å². The number of aliphatic hydroxyl groups is 1. The van der Waals surface area contributed by atoms with Gasteiger partial charge in [-0.2, -0.15) is 0 Å². The lowest BCUT2D eigenvalue weighted by Crippen LogP contribution is -2.46. The van der Waals surface area contributed by atoms with Gasteiger partial charge in [-0.05, 0) is 18.9 Å². The summed E-state index contributed by atoms with van der Waals surface area (Å²) in [4.78, 5) is 26.0. The van der Waals surface area contributed by atoms with Crippen molar-refractivity contribution >= 4 is 11.9 Å². The Morgan fingerprint density at radius 1 is 1.17 bits per heavy atom. The molecule has 23 heavy (non-hydrogen) atoms. The molecule has 1 spiro atoms. The molecule has 3 rings (SSSR count). The van der Waals surface area contributed by atoms with Crippen LogP contribution in [0.1, 0.15) is 50.2 Å². The van der Waals surface area contributed by atoms with Crippen LogP contribution in [-0.4, -0.2) is 34.0 Å². The zero-order valence-corrected chi connectivity index (χ0v) is 12.9. The van der Waals surface area contributed by atoms with Crippen molar-refractivity contribution in [2.75, 3.05) is 6.54 Å². The van der Waals surface area contributed by atoms with Crippen LogP contribution < -0.4 is 5.32 Å². The maximum atomic E-state index is 13.7. The highest BCUT2D eigenvalue weighted by Gasteiger charge is 2.51. The predicted octanol–water partition coefficient (Wildman–Crippen LogP) is 2.50. The van der Waals surface area contributed by atoms with Crippen molar-refractivity contribution in [2.24, 2.45) is 0 Å². The minimum atomic E-state index is -1.23. The normalized spacial score (nSPS) is 22.1. The van der Waals surface area contributed by atoms with E-state index in [1.165, 1.54) is 18.2 Å². The summed E-state index contributed by atoms with van der Waals surface area (Å²) in [5.74, 6) is -0.837. The van der Waals surface area contributed by atoms with Gasteiger partial charge in [-0.15, -0.1) is 0 Å². The van der Waals surface area contributed by atoms with Gasteiger partial charge in [-0.3, -0.25) is 9.69 Å². The molecule has 1 saturated heterocycles. The summed E-state index contributed by atoms with van der Waals surface area (Å²) in [6.45, 7) is -0.229. The number of imide groups is 1. The molecule has 1 saturated carbocycles. The summed E-state index contributed by atoms with van der Waals surface area (Å²) in [6, 6.07) is 5.35. The Morgan fingerprint density at radius 2 is 1.83 bits per heavy atom. The van der Waals surface area contributed by atoms with Crippen molar-refractivity contribution < 1.29 is 19.1 Å². The lowest BCUT2D eigenvalue weighted by Gasteiger charge is -2.25. The van der Waals surface area contributed by atoms with Gasteiger partial charge in [0.05, 0.1) is 12.6 Å². The number of hydrogen-bond acceptors (Lipinski definition) is 3. The third-order valence-corrected chi connectivity index (χ3v) is 4.82. The highest BCUT2D eigenvalue weighted by molar-refractivity contribution is 6.07. The van der Waals surface area contributed by atoms with E-state index in [0.29, 0.717) is 12.8 Å². The highest BCUT2D eigenvalue weighted by atomic mass is 19.1. The first-order chi connectivity index (χ1) is 11.0. The predicted molar refractivity (Wildman–Crippen MR) is 82.0 cm³/mol. The summed E-state index contributed by atoms with van der Waals surface area (Å²) >= 11 is 0. The number of hydrogen-bond donors (Lipinski definition) is 2. The van der Waals surface area contributed by atoms with Crippen LogP contribution in [0.2, 0.25) is 0 Å². The number of amides is 3. The van der Waals surface area contributed by atoms with Crippen molar-refractivity contribution in [1.29, 1.82) is 0 Å². The molecular formula is C17H21FN2O3. The number of β-amino-alcohol motifs (C(OH)–C–C–N with tert-alkyl or cyclic N) is 1. The average molecular weight is 320 g/mol. The van der Waals surface area contributed by atoms with Crippen molar-refractivity contribution in [1.82, 2.24) is 10.2 Å². The van der Waals surface area contributed by atoms with E-state index in [1.807, 2.05) is 0 Å². The Kier molecular flexibility index (Phi) is 4.35. The average Bonchev–Trinajstić information content (AvgIpc) is 2.72. The van der Waals surface area contributed by atoms with Gasteiger partial charge in [0, 0.05) is 5.56 Å². The number of rotatable bonds is 3. The molecule has 0 aromatic heterocycles. The van der Waals surface area contributed by atoms with Crippen molar-refractivity contribution in [2.45, 2.75) is 50.2 Å². The molecule has 1 atom stereocenters. The molecule has 0 bridgehead atoms. The summed E-state index contributed by atoms with van der Waals surface area (Å²) in [5, 5.41) is 13.0. The zero-order chi connectivity index (χ0) is 16.4. The van der Waals surface area contributed by atoms with Crippen LogP contribution in [0, 0.1) is 5.82 Å². The Morgan fingerprint density at radius 3 is 2.48 bits per heavy atom. The molecule has 124 valence electrons. The van der Waals surface area contributed by atoms with Gasteiger partial charge in [-0.1, -0.05) is 43.9 Å². The summed E-state index contributed by atoms with van der Waals surface area (Å²) in [5.41, 5.74) is -0.738. The third-order valence-electron chi connectivity index (χ3n) is 4.82. The monoisotopic (exact) mass is 320 g/mol. The topological polar surface area (TPSA) is 69.6 Å². The van der Waals surface area contributed by atoms with Gasteiger partial charge < -0.3 is 10.4 Å². The number of halogens is 1. The molecule has 1 heterocycles. The van der Waals surface area contributed by atoms with Crippen LogP contribution in [0.25, 0.3) is 0 Å². The first-order valence-electron chi connectivity index (χ1n) is 8.10. The number of aliphatic hydroxyl groups excluding tert-OH is 1. The first-order valence-corrected chi connectivity index (χ1v) is 8.10. The van der Waals surface area contributed by atoms with Gasteiger partial charge in [-0.25, -0.2) is 9.18 Å². The smallest absolute Gasteiger partial charge is 0.325 e. The van der Waals surface area contributed by atoms with Crippen LogP contribution in [0.5, 0.6) is 0 Å². The van der Waals surface area contributed by atoms with Crippen LogP contribution in [-0.2, 0) is 4.79 Å². The van der Waals surface area contributed by atoms with E-state index in [-0.39, 0.29) is 18.0 Å². The van der Waals surface area contributed by atoms with E-state index in [4.69, 9.17) is 0 Å². The summed E-state index contributed by atoms with van der Waals surface area (Å²) in [7, 11) is 0. The molecule has 1 aromatic carbocycles. The second-order valence-electron chi connectivity index (χ2n) is 6.38. The van der Waals surface area contributed by atoms with Crippen LogP contribution in [0.4, 0.5) is 9.18 Å². The molecule has 2 aliphatic rings. The van der Waals surface area contributed by atoms with E-state index in [2.05, 4.69) is 5.32 Å². The van der Waals surface area contributed by atoms with Crippen molar-refractivity contribution in [3.63, 3.8) is 0 Å². The molecule has 0 radical (unpaired) electrons. The number of benzene rings is 1. The molecule has 1 aromatic rings. The SMILES string of the molecule is O=C1NC2(CCCCCC2)C(=O)N1C[C@@H](O)c1ccccc1F. The van der Waals surface area contributed by atoms with Gasteiger partial charge in [0.15, 0.2) is 0 Å². The lowest BCUT2D eigenvalue weighted by atomic mass is 9.90. The fraction of sp³-hybridized carbons (Fsp3) is 0.529. The number of nitrogens with zero attached hydrogens (tertiary/aromatic N) is 1. The Balaban J connectivity index is 1.77. The quantitative estimate of drug-likeness (QED) is 0.841. The molecule has 0 unspecified atom stereocenters. The molecule has 2 fully saturated rings. The van der Waals surface area contributed by atoms with E-state index in [9.17, 15) is 19.1 Å². The molecular weight excluding hydrogens is 299 g/mol. The van der Waals surface area contributed by atoms with Gasteiger partial charge >= 0.3 is 6.03 Å². The van der Waals surface area contributed by atoms with E-state index in [0.717, 1.165) is 30.6 Å². The molecule has 1 aliphatic carbocycles. The van der Waals surface area contributed by atoms with Crippen molar-refractivity contribution in [3.05, 3.63) is 35.6 Å².